The molecule has 0 aliphatic rings. The molecule has 172 valence electrons. The van der Waals surface area contributed by atoms with Gasteiger partial charge in [-0.05, 0) is 23.3 Å². The minimum absolute atomic E-state index is 0.0916. The van der Waals surface area contributed by atoms with E-state index in [9.17, 15) is 19.5 Å². The molecular formula is C23H28N2O7. The molecule has 9 nitrogen and oxygen atoms in total. The molecule has 0 radical (unpaired) electrons. The number of amides is 2. The van der Waals surface area contributed by atoms with E-state index in [-0.39, 0.29) is 26.0 Å². The summed E-state index contributed by atoms with van der Waals surface area (Å²) in [7, 11) is 2.76. The largest absolute Gasteiger partial charge is 0.497 e. The second-order valence-corrected chi connectivity index (χ2v) is 7.00. The average molecular weight is 444 g/mol. The summed E-state index contributed by atoms with van der Waals surface area (Å²) in [5.74, 6) is -0.549. The molecule has 0 spiro atoms. The second kappa shape index (κ2) is 13.0. The van der Waals surface area contributed by atoms with Gasteiger partial charge in [0.1, 0.15) is 18.4 Å². The van der Waals surface area contributed by atoms with E-state index in [1.807, 2.05) is 30.3 Å². The van der Waals surface area contributed by atoms with Crippen LogP contribution in [0.5, 0.6) is 5.75 Å². The predicted octanol–water partition coefficient (Wildman–Crippen LogP) is 1.57. The fourth-order valence-electron chi connectivity index (χ4n) is 2.89. The van der Waals surface area contributed by atoms with Crippen molar-refractivity contribution in [1.82, 2.24) is 10.6 Å². The molecule has 0 aromatic heterocycles. The summed E-state index contributed by atoms with van der Waals surface area (Å²) >= 11 is 0. The van der Waals surface area contributed by atoms with Gasteiger partial charge in [-0.1, -0.05) is 42.5 Å². The first-order valence-electron chi connectivity index (χ1n) is 10.0. The highest BCUT2D eigenvalue weighted by Gasteiger charge is 2.23. The Morgan fingerprint density at radius 2 is 1.72 bits per heavy atom. The Bertz CT molecular complexity index is 889. The molecule has 2 amide bonds. The van der Waals surface area contributed by atoms with Gasteiger partial charge in [-0.25, -0.2) is 9.59 Å². The first kappa shape index (κ1) is 24.7. The summed E-state index contributed by atoms with van der Waals surface area (Å²) in [4.78, 5) is 36.1. The molecule has 0 heterocycles. The molecule has 0 aliphatic heterocycles. The lowest BCUT2D eigenvalue weighted by molar-refractivity contribution is -0.145. The molecule has 32 heavy (non-hydrogen) atoms. The molecular weight excluding hydrogens is 416 g/mol. The standard InChI is InChI=1S/C23H28N2O7/c1-30-19-10-6-9-17(11-19)12-20(22(28)31-2)25-21(27)13-18(26)14-24-23(29)32-15-16-7-4-3-5-8-16/h3-11,18,20,26H,12-15H2,1-2H3,(H,24,29)(H,25,27)/t18-,20-/m0/s1. The van der Waals surface area contributed by atoms with Crippen LogP contribution in [0, 0.1) is 0 Å². The summed E-state index contributed by atoms with van der Waals surface area (Å²) in [6, 6.07) is 15.3. The third-order valence-electron chi connectivity index (χ3n) is 4.51. The van der Waals surface area contributed by atoms with Crippen LogP contribution in [-0.2, 0) is 32.1 Å². The third-order valence-corrected chi connectivity index (χ3v) is 4.51. The van der Waals surface area contributed by atoms with Gasteiger partial charge in [0.2, 0.25) is 5.91 Å². The van der Waals surface area contributed by atoms with Crippen molar-refractivity contribution in [2.45, 2.75) is 31.6 Å². The molecule has 2 rings (SSSR count). The van der Waals surface area contributed by atoms with E-state index in [0.29, 0.717) is 5.75 Å². The number of carbonyl (C=O) groups is 3. The molecule has 0 saturated carbocycles. The fraction of sp³-hybridized carbons (Fsp3) is 0.348. The summed E-state index contributed by atoms with van der Waals surface area (Å²) in [5.41, 5.74) is 1.59. The molecule has 0 fully saturated rings. The lowest BCUT2D eigenvalue weighted by Crippen LogP contribution is -2.45. The first-order chi connectivity index (χ1) is 15.4. The zero-order valence-electron chi connectivity index (χ0n) is 18.1. The number of nitrogens with one attached hydrogen (secondary N) is 2. The second-order valence-electron chi connectivity index (χ2n) is 7.00. The van der Waals surface area contributed by atoms with Crippen LogP contribution in [0.1, 0.15) is 17.5 Å². The SMILES string of the molecule is COC(=O)[C@H](Cc1cccc(OC)c1)NC(=O)C[C@H](O)CNC(=O)OCc1ccccc1. The van der Waals surface area contributed by atoms with E-state index in [0.717, 1.165) is 11.1 Å². The monoisotopic (exact) mass is 444 g/mol. The molecule has 0 unspecified atom stereocenters. The topological polar surface area (TPSA) is 123 Å². The van der Waals surface area contributed by atoms with E-state index >= 15 is 0 Å². The molecule has 2 aromatic carbocycles. The number of methoxy groups -OCH3 is 2. The maximum atomic E-state index is 12.3. The van der Waals surface area contributed by atoms with Gasteiger partial charge in [-0.2, -0.15) is 0 Å². The van der Waals surface area contributed by atoms with Crippen LogP contribution in [0.2, 0.25) is 0 Å². The highest BCUT2D eigenvalue weighted by atomic mass is 16.5. The maximum absolute atomic E-state index is 12.3. The van der Waals surface area contributed by atoms with Crippen LogP contribution in [-0.4, -0.2) is 56.0 Å². The lowest BCUT2D eigenvalue weighted by Gasteiger charge is -2.18. The molecule has 9 heteroatoms. The van der Waals surface area contributed by atoms with Gasteiger partial charge in [0.15, 0.2) is 0 Å². The van der Waals surface area contributed by atoms with Crippen LogP contribution in [0.4, 0.5) is 4.79 Å². The van der Waals surface area contributed by atoms with Gasteiger partial charge in [0.05, 0.1) is 26.7 Å². The molecule has 0 bridgehead atoms. The fourth-order valence-corrected chi connectivity index (χ4v) is 2.89. The highest BCUT2D eigenvalue weighted by molar-refractivity contribution is 5.85. The number of benzene rings is 2. The van der Waals surface area contributed by atoms with E-state index in [1.165, 1.54) is 14.2 Å². The summed E-state index contributed by atoms with van der Waals surface area (Å²) < 4.78 is 15.0. The molecule has 2 aromatic rings. The lowest BCUT2D eigenvalue weighted by atomic mass is 10.1. The van der Waals surface area contributed by atoms with Crippen LogP contribution in [0.25, 0.3) is 0 Å². The Balaban J connectivity index is 1.79. The van der Waals surface area contributed by atoms with Gasteiger partial charge in [-0.3, -0.25) is 4.79 Å². The van der Waals surface area contributed by atoms with Crippen molar-refractivity contribution < 1.29 is 33.7 Å². The van der Waals surface area contributed by atoms with E-state index in [2.05, 4.69) is 10.6 Å². The number of rotatable bonds is 11. The first-order valence-corrected chi connectivity index (χ1v) is 10.0. The molecule has 0 aliphatic carbocycles. The van der Waals surface area contributed by atoms with E-state index in [4.69, 9.17) is 14.2 Å². The Hall–Kier alpha value is -3.59. The van der Waals surface area contributed by atoms with Gasteiger partial charge in [-0.15, -0.1) is 0 Å². The highest BCUT2D eigenvalue weighted by Crippen LogP contribution is 2.14. The zero-order chi connectivity index (χ0) is 23.3. The van der Waals surface area contributed by atoms with Crippen molar-refractivity contribution in [1.29, 1.82) is 0 Å². The van der Waals surface area contributed by atoms with Crippen molar-refractivity contribution in [2.24, 2.45) is 0 Å². The minimum atomic E-state index is -1.16. The quantitative estimate of drug-likeness (QED) is 0.450. The summed E-state index contributed by atoms with van der Waals surface area (Å²) in [6.45, 7) is -0.0891. The van der Waals surface area contributed by atoms with Crippen LogP contribution in [0.3, 0.4) is 0 Å². The van der Waals surface area contributed by atoms with E-state index < -0.39 is 30.1 Å². The average Bonchev–Trinajstić information content (AvgIpc) is 2.81. The Labute approximate surface area is 186 Å². The molecule has 0 saturated heterocycles. The zero-order valence-corrected chi connectivity index (χ0v) is 18.1. The number of alkyl carbamates (subject to hydrolysis) is 1. The number of aliphatic hydroxyl groups is 1. The Morgan fingerprint density at radius 1 is 1.00 bits per heavy atom. The normalized spacial score (nSPS) is 12.2. The number of ether oxygens (including phenoxy) is 3. The van der Waals surface area contributed by atoms with Gasteiger partial charge in [0, 0.05) is 13.0 Å². The van der Waals surface area contributed by atoms with E-state index in [1.54, 1.807) is 24.3 Å². The summed E-state index contributed by atoms with van der Waals surface area (Å²) in [6.07, 6.45) is -1.99. The predicted molar refractivity (Wildman–Crippen MR) is 116 cm³/mol. The van der Waals surface area contributed by atoms with Gasteiger partial charge < -0.3 is 30.0 Å². The Kier molecular flexibility index (Phi) is 9.99. The van der Waals surface area contributed by atoms with Crippen molar-refractivity contribution in [3.8, 4) is 5.75 Å². The number of esters is 1. The summed E-state index contributed by atoms with van der Waals surface area (Å²) in [5, 5.41) is 15.0. The number of carbonyl (C=O) groups excluding carboxylic acids is 3. The smallest absolute Gasteiger partial charge is 0.407 e. The van der Waals surface area contributed by atoms with Gasteiger partial charge in [0.25, 0.3) is 0 Å². The maximum Gasteiger partial charge on any atom is 0.407 e. The minimum Gasteiger partial charge on any atom is -0.497 e. The van der Waals surface area contributed by atoms with Crippen LogP contribution in [0.15, 0.2) is 54.6 Å². The van der Waals surface area contributed by atoms with Gasteiger partial charge >= 0.3 is 12.1 Å². The third kappa shape index (κ3) is 8.65. The van der Waals surface area contributed by atoms with Crippen molar-refractivity contribution >= 4 is 18.0 Å². The number of hydrogen-bond acceptors (Lipinski definition) is 7. The van der Waals surface area contributed by atoms with Crippen molar-refractivity contribution in [2.75, 3.05) is 20.8 Å². The van der Waals surface area contributed by atoms with Crippen LogP contribution >= 0.6 is 0 Å². The number of aliphatic hydroxyl groups excluding tert-OH is 1. The van der Waals surface area contributed by atoms with Crippen molar-refractivity contribution in [3.05, 3.63) is 65.7 Å². The number of hydrogen-bond donors (Lipinski definition) is 3. The van der Waals surface area contributed by atoms with Crippen LogP contribution < -0.4 is 15.4 Å². The van der Waals surface area contributed by atoms with Crippen molar-refractivity contribution in [3.63, 3.8) is 0 Å². The molecule has 2 atom stereocenters. The molecule has 3 N–H and O–H groups in total. The Morgan fingerprint density at radius 3 is 2.41 bits per heavy atom.